The second-order valence-electron chi connectivity index (χ2n) is 16.9. The van der Waals surface area contributed by atoms with Crippen molar-refractivity contribution in [1.82, 2.24) is 0 Å². The number of benzene rings is 10. The van der Waals surface area contributed by atoms with E-state index < -0.39 is 5.41 Å². The minimum absolute atomic E-state index is 0.516. The third-order valence-corrected chi connectivity index (χ3v) is 13.4. The Hall–Kier alpha value is -8.26. The topological polar surface area (TPSA) is 3.24 Å². The first-order chi connectivity index (χ1) is 32.1. The summed E-state index contributed by atoms with van der Waals surface area (Å²) in [6.07, 6.45) is 1.95. The van der Waals surface area contributed by atoms with Crippen molar-refractivity contribution in [2.24, 2.45) is 0 Å². The van der Waals surface area contributed by atoms with Gasteiger partial charge < -0.3 is 4.90 Å². The third-order valence-electron chi connectivity index (χ3n) is 13.4. The minimum Gasteiger partial charge on any atom is -0.310 e. The molecule has 1 aliphatic carbocycles. The lowest BCUT2D eigenvalue weighted by molar-refractivity contribution is 0.768. The summed E-state index contributed by atoms with van der Waals surface area (Å²) in [4.78, 5) is 2.42. The Morgan fingerprint density at radius 1 is 0.338 bits per heavy atom. The molecule has 65 heavy (non-hydrogen) atoms. The molecule has 10 aromatic carbocycles. The van der Waals surface area contributed by atoms with Gasteiger partial charge >= 0.3 is 0 Å². The predicted octanol–water partition coefficient (Wildman–Crippen LogP) is 17.1. The third kappa shape index (κ3) is 6.81. The van der Waals surface area contributed by atoms with Gasteiger partial charge in [0.1, 0.15) is 0 Å². The van der Waals surface area contributed by atoms with Crippen molar-refractivity contribution in [3.63, 3.8) is 0 Å². The van der Waals surface area contributed by atoms with E-state index in [1.807, 2.05) is 6.08 Å². The van der Waals surface area contributed by atoms with Crippen LogP contribution in [0.25, 0.3) is 61.7 Å². The Labute approximate surface area is 382 Å². The van der Waals surface area contributed by atoms with Gasteiger partial charge in [-0.25, -0.2) is 0 Å². The van der Waals surface area contributed by atoms with E-state index in [-0.39, 0.29) is 0 Å². The van der Waals surface area contributed by atoms with Gasteiger partial charge in [-0.15, -0.1) is 0 Å². The van der Waals surface area contributed by atoms with Crippen molar-refractivity contribution in [2.45, 2.75) is 12.3 Å². The molecule has 0 aliphatic heterocycles. The summed E-state index contributed by atoms with van der Waals surface area (Å²) in [5.41, 5.74) is 22.3. The zero-order valence-corrected chi connectivity index (χ0v) is 36.4. The molecule has 10 aromatic rings. The Kier molecular flexibility index (Phi) is 10.2. The quantitative estimate of drug-likeness (QED) is 0.133. The smallest absolute Gasteiger partial charge is 0.0714 e. The van der Waals surface area contributed by atoms with E-state index in [2.05, 4.69) is 267 Å². The summed E-state index contributed by atoms with van der Waals surface area (Å²) in [5, 5.41) is 0. The maximum Gasteiger partial charge on any atom is 0.0714 e. The van der Waals surface area contributed by atoms with Gasteiger partial charge in [0.25, 0.3) is 0 Å². The average molecular weight is 830 g/mol. The zero-order valence-electron chi connectivity index (χ0n) is 36.4. The Morgan fingerprint density at radius 2 is 0.769 bits per heavy atom. The van der Waals surface area contributed by atoms with E-state index in [4.69, 9.17) is 0 Å². The molecule has 1 aliphatic rings. The Bertz CT molecular complexity index is 3270. The molecule has 0 fully saturated rings. The monoisotopic (exact) mass is 829 g/mol. The fourth-order valence-corrected chi connectivity index (χ4v) is 10.4. The highest BCUT2D eigenvalue weighted by Gasteiger charge is 2.46. The van der Waals surface area contributed by atoms with Gasteiger partial charge in [-0.1, -0.05) is 225 Å². The number of fused-ring (bicyclic) bond motifs is 3. The van der Waals surface area contributed by atoms with Gasteiger partial charge in [-0.2, -0.15) is 0 Å². The first-order valence-corrected chi connectivity index (χ1v) is 22.5. The van der Waals surface area contributed by atoms with Crippen LogP contribution >= 0.6 is 0 Å². The lowest BCUT2D eigenvalue weighted by Crippen LogP contribution is -2.28. The average Bonchev–Trinajstić information content (AvgIpc) is 3.68. The lowest BCUT2D eigenvalue weighted by Gasteiger charge is -2.35. The molecule has 308 valence electrons. The molecule has 11 rings (SSSR count). The number of nitrogens with zero attached hydrogens (tertiary/aromatic N) is 1. The largest absolute Gasteiger partial charge is 0.310 e. The molecule has 0 unspecified atom stereocenters. The first kappa shape index (κ1) is 39.6. The van der Waals surface area contributed by atoms with E-state index in [1.165, 1.54) is 83.5 Å². The molecule has 0 amide bonds. The highest BCUT2D eigenvalue weighted by Crippen LogP contribution is 2.57. The Morgan fingerprint density at radius 3 is 1.37 bits per heavy atom. The zero-order chi connectivity index (χ0) is 43.7. The molecule has 0 spiro atoms. The lowest BCUT2D eigenvalue weighted by atomic mass is 9.67. The van der Waals surface area contributed by atoms with Crippen LogP contribution in [0.4, 0.5) is 17.1 Å². The van der Waals surface area contributed by atoms with Crippen LogP contribution in [0.5, 0.6) is 0 Å². The van der Waals surface area contributed by atoms with Crippen molar-refractivity contribution in [3.8, 4) is 55.6 Å². The van der Waals surface area contributed by atoms with Gasteiger partial charge in [-0.3, -0.25) is 0 Å². The summed E-state index contributed by atoms with van der Waals surface area (Å²) in [6, 6.07) is 90.9. The van der Waals surface area contributed by atoms with Gasteiger partial charge in [-0.05, 0) is 132 Å². The SMILES string of the molecule is C=Cc1ccccc1-c1cccc(-c2ccc(N(c3ccc(-c4ccccc4-c4ccccc4)cc3)c3ccc4c(c3)C(c3ccccc3)(c3ccccc3)c3ccccc3-4)cc2)c1C. The summed E-state index contributed by atoms with van der Waals surface area (Å²) < 4.78 is 0. The highest BCUT2D eigenvalue weighted by molar-refractivity contribution is 5.91. The van der Waals surface area contributed by atoms with Gasteiger partial charge in [0.05, 0.1) is 5.41 Å². The summed E-state index contributed by atoms with van der Waals surface area (Å²) in [6.45, 7) is 6.34. The second-order valence-corrected chi connectivity index (χ2v) is 16.9. The van der Waals surface area contributed by atoms with Crippen LogP contribution in [0.1, 0.15) is 33.4 Å². The van der Waals surface area contributed by atoms with Crippen LogP contribution in [0.15, 0.2) is 255 Å². The van der Waals surface area contributed by atoms with Crippen molar-refractivity contribution >= 4 is 23.1 Å². The predicted molar refractivity (Wildman–Crippen MR) is 275 cm³/mol. The molecule has 0 bridgehead atoms. The van der Waals surface area contributed by atoms with E-state index >= 15 is 0 Å². The van der Waals surface area contributed by atoms with E-state index in [0.29, 0.717) is 0 Å². The Balaban J connectivity index is 1.08. The van der Waals surface area contributed by atoms with Crippen LogP contribution in [0.2, 0.25) is 0 Å². The molecule has 0 N–H and O–H groups in total. The van der Waals surface area contributed by atoms with Gasteiger partial charge in [0, 0.05) is 17.1 Å². The molecular weight excluding hydrogens is 783 g/mol. The fourth-order valence-electron chi connectivity index (χ4n) is 10.4. The van der Waals surface area contributed by atoms with Crippen LogP contribution in [-0.4, -0.2) is 0 Å². The number of hydrogen-bond donors (Lipinski definition) is 0. The molecule has 0 heterocycles. The van der Waals surface area contributed by atoms with E-state index in [9.17, 15) is 0 Å². The van der Waals surface area contributed by atoms with Crippen LogP contribution < -0.4 is 4.90 Å². The van der Waals surface area contributed by atoms with Crippen molar-refractivity contribution in [1.29, 1.82) is 0 Å². The van der Waals surface area contributed by atoms with Crippen molar-refractivity contribution in [2.75, 3.05) is 4.90 Å². The second kappa shape index (κ2) is 16.8. The molecule has 0 radical (unpaired) electrons. The highest BCUT2D eigenvalue weighted by atomic mass is 15.1. The van der Waals surface area contributed by atoms with Crippen molar-refractivity contribution < 1.29 is 0 Å². The van der Waals surface area contributed by atoms with Gasteiger partial charge in [0.15, 0.2) is 0 Å². The maximum atomic E-state index is 4.10. The van der Waals surface area contributed by atoms with Crippen LogP contribution in [0, 0.1) is 6.92 Å². The maximum absolute atomic E-state index is 4.10. The molecular formula is C64H47N. The number of hydrogen-bond acceptors (Lipinski definition) is 1. The van der Waals surface area contributed by atoms with Crippen LogP contribution in [-0.2, 0) is 5.41 Å². The fraction of sp³-hybridized carbons (Fsp3) is 0.0312. The summed E-state index contributed by atoms with van der Waals surface area (Å²) >= 11 is 0. The molecule has 0 saturated carbocycles. The molecule has 1 heteroatoms. The van der Waals surface area contributed by atoms with Gasteiger partial charge in [0.2, 0.25) is 0 Å². The first-order valence-electron chi connectivity index (χ1n) is 22.5. The minimum atomic E-state index is -0.516. The van der Waals surface area contributed by atoms with E-state index in [0.717, 1.165) is 22.6 Å². The summed E-state index contributed by atoms with van der Waals surface area (Å²) in [5.74, 6) is 0. The van der Waals surface area contributed by atoms with Crippen LogP contribution in [0.3, 0.4) is 0 Å². The van der Waals surface area contributed by atoms with Crippen molar-refractivity contribution in [3.05, 3.63) is 289 Å². The normalized spacial score (nSPS) is 12.3. The summed E-state index contributed by atoms with van der Waals surface area (Å²) in [7, 11) is 0. The number of anilines is 3. The number of rotatable bonds is 10. The molecule has 0 saturated heterocycles. The van der Waals surface area contributed by atoms with E-state index in [1.54, 1.807) is 0 Å². The molecule has 0 atom stereocenters. The standard InChI is InChI=1S/C64H47N/c1-3-46-20-13-14-27-57(46)56-32-19-31-55(45(56)2)48-34-38-52(39-35-48)65(53-40-36-49(37-41-53)59-29-16-15-28-58(59)47-21-7-4-8-22-47)54-42-43-61-60-30-17-18-33-62(60)64(63(61)44-54,50-23-9-5-10-24-50)51-25-11-6-12-26-51/h3-44H,1H2,2H3. The molecule has 0 aromatic heterocycles. The molecule has 1 nitrogen and oxygen atoms in total.